The van der Waals surface area contributed by atoms with Crippen LogP contribution in [-0.4, -0.2) is 9.97 Å². The maximum absolute atomic E-state index is 6.66. The van der Waals surface area contributed by atoms with E-state index < -0.39 is 0 Å². The monoisotopic (exact) mass is 780 g/mol. The fourth-order valence-corrected chi connectivity index (χ4v) is 10.8. The van der Waals surface area contributed by atoms with Gasteiger partial charge in [-0.15, -0.1) is 11.3 Å². The summed E-state index contributed by atoms with van der Waals surface area (Å²) < 4.78 is 9.15. The zero-order valence-electron chi connectivity index (χ0n) is 32.2. The normalized spacial score (nSPS) is 12.0. The van der Waals surface area contributed by atoms with Crippen LogP contribution in [0.4, 0.5) is 0 Å². The first-order valence-electron chi connectivity index (χ1n) is 20.3. The van der Waals surface area contributed by atoms with Crippen LogP contribution in [0.25, 0.3) is 131 Å². The first-order valence-corrected chi connectivity index (χ1v) is 21.1. The highest BCUT2D eigenvalue weighted by atomic mass is 32.1. The number of fused-ring (bicyclic) bond motifs is 10. The van der Waals surface area contributed by atoms with Crippen LogP contribution < -0.4 is 0 Å². The van der Waals surface area contributed by atoms with Crippen molar-refractivity contribution in [2.45, 2.75) is 0 Å². The van der Waals surface area contributed by atoms with Crippen LogP contribution in [-0.2, 0) is 0 Å². The molecule has 60 heavy (non-hydrogen) atoms. The van der Waals surface area contributed by atoms with Crippen LogP contribution >= 0.6 is 11.3 Å². The number of furan rings is 1. The minimum absolute atomic E-state index is 0.691. The maximum Gasteiger partial charge on any atom is 0.160 e. The van der Waals surface area contributed by atoms with Gasteiger partial charge in [0, 0.05) is 53.2 Å². The SMILES string of the molecule is c1ccc(-c2cccc(-c3nc(-c4cccc(-c5cccc6oc7ccc8c(c7c56)-c5cccc6cccc-8c56)c4)cc(-c4cccc5c4sc4ccccc45)n3)c2)cc1. The van der Waals surface area contributed by atoms with Gasteiger partial charge in [0.05, 0.1) is 11.4 Å². The van der Waals surface area contributed by atoms with Crippen molar-refractivity contribution in [2.75, 3.05) is 0 Å². The van der Waals surface area contributed by atoms with Gasteiger partial charge in [-0.2, -0.15) is 0 Å². The fraction of sp³-hybridized carbons (Fsp3) is 0. The molecule has 0 amide bonds. The van der Waals surface area contributed by atoms with Crippen molar-refractivity contribution in [1.82, 2.24) is 9.97 Å². The van der Waals surface area contributed by atoms with Crippen LogP contribution in [0.5, 0.6) is 0 Å². The van der Waals surface area contributed by atoms with Gasteiger partial charge in [-0.25, -0.2) is 9.97 Å². The Morgan fingerprint density at radius 3 is 1.93 bits per heavy atom. The molecular formula is C56H32N2OS. The zero-order valence-corrected chi connectivity index (χ0v) is 33.0. The van der Waals surface area contributed by atoms with E-state index in [9.17, 15) is 0 Å². The Labute approximate surface area is 349 Å². The molecule has 0 bridgehead atoms. The Bertz CT molecular complexity index is 3720. The third-order valence-corrected chi connectivity index (χ3v) is 13.5. The van der Waals surface area contributed by atoms with Gasteiger partial charge in [-0.3, -0.25) is 0 Å². The Balaban J connectivity index is 1.02. The van der Waals surface area contributed by atoms with E-state index in [4.69, 9.17) is 14.4 Å². The van der Waals surface area contributed by atoms with Crippen LogP contribution in [0.2, 0.25) is 0 Å². The first kappa shape index (κ1) is 33.3. The van der Waals surface area contributed by atoms with Crippen molar-refractivity contribution in [1.29, 1.82) is 0 Å². The van der Waals surface area contributed by atoms with E-state index in [1.54, 1.807) is 0 Å². The summed E-state index contributed by atoms with van der Waals surface area (Å²) in [5.41, 5.74) is 16.2. The van der Waals surface area contributed by atoms with Crippen LogP contribution in [0, 0.1) is 0 Å². The minimum Gasteiger partial charge on any atom is -0.456 e. The molecule has 1 aliphatic carbocycles. The fourth-order valence-electron chi connectivity index (χ4n) is 9.55. The van der Waals surface area contributed by atoms with Gasteiger partial charge in [0.15, 0.2) is 5.82 Å². The van der Waals surface area contributed by atoms with Gasteiger partial charge in [0.2, 0.25) is 0 Å². The second-order valence-corrected chi connectivity index (χ2v) is 16.7. The quantitative estimate of drug-likeness (QED) is 0.175. The minimum atomic E-state index is 0.691. The molecule has 9 aromatic carbocycles. The van der Waals surface area contributed by atoms with Crippen molar-refractivity contribution in [2.24, 2.45) is 0 Å². The maximum atomic E-state index is 6.66. The van der Waals surface area contributed by atoms with Crippen LogP contribution in [0.3, 0.4) is 0 Å². The molecule has 0 saturated carbocycles. The molecule has 3 aromatic heterocycles. The van der Waals surface area contributed by atoms with Crippen LogP contribution in [0.1, 0.15) is 0 Å². The van der Waals surface area contributed by atoms with Gasteiger partial charge < -0.3 is 4.42 Å². The van der Waals surface area contributed by atoms with Crippen molar-refractivity contribution >= 4 is 64.2 Å². The number of benzene rings is 9. The standard InChI is InChI=1S/C56H32N2OS/c1-2-12-33(13-3-1)35-16-6-19-38(30-35)56-57-46(32-47(58-56)44-24-10-23-43-40-20-4-5-27-50(40)60-55(43)44)37-18-7-17-36(31-37)39-21-11-26-48-53(39)54-49(59-48)29-28-42-41-22-8-14-34-15-9-25-45(51(34)41)52(42)54/h1-32H. The third-order valence-electron chi connectivity index (χ3n) is 12.2. The number of aromatic nitrogens is 2. The molecule has 3 heterocycles. The summed E-state index contributed by atoms with van der Waals surface area (Å²) in [6, 6.07) is 69.4. The molecule has 13 rings (SSSR count). The number of hydrogen-bond donors (Lipinski definition) is 0. The summed E-state index contributed by atoms with van der Waals surface area (Å²) >= 11 is 1.82. The molecule has 3 nitrogen and oxygen atoms in total. The highest BCUT2D eigenvalue weighted by Gasteiger charge is 2.27. The number of thiophene rings is 1. The number of rotatable bonds is 5. The summed E-state index contributed by atoms with van der Waals surface area (Å²) in [5, 5.41) is 7.37. The smallest absolute Gasteiger partial charge is 0.160 e. The number of hydrogen-bond acceptors (Lipinski definition) is 4. The number of nitrogens with zero attached hydrogens (tertiary/aromatic N) is 2. The molecule has 0 spiro atoms. The Hall–Kier alpha value is -7.66. The van der Waals surface area contributed by atoms with Crippen molar-refractivity contribution < 1.29 is 4.42 Å². The van der Waals surface area contributed by atoms with Gasteiger partial charge in [0.1, 0.15) is 11.2 Å². The van der Waals surface area contributed by atoms with Gasteiger partial charge >= 0.3 is 0 Å². The van der Waals surface area contributed by atoms with Crippen molar-refractivity contribution in [3.63, 3.8) is 0 Å². The third kappa shape index (κ3) is 5.01. The topological polar surface area (TPSA) is 38.9 Å². The van der Waals surface area contributed by atoms with E-state index in [0.29, 0.717) is 5.82 Å². The lowest BCUT2D eigenvalue weighted by Gasteiger charge is -2.12. The lowest BCUT2D eigenvalue weighted by Crippen LogP contribution is -1.96. The van der Waals surface area contributed by atoms with E-state index in [0.717, 1.165) is 72.3 Å². The molecule has 0 atom stereocenters. The average Bonchev–Trinajstić information content (AvgIpc) is 4.00. The summed E-state index contributed by atoms with van der Waals surface area (Å²) in [7, 11) is 0. The molecule has 278 valence electrons. The molecule has 0 saturated heterocycles. The molecule has 0 aliphatic heterocycles. The van der Waals surface area contributed by atoms with E-state index in [1.165, 1.54) is 53.2 Å². The molecule has 0 radical (unpaired) electrons. The second-order valence-electron chi connectivity index (χ2n) is 15.6. The summed E-state index contributed by atoms with van der Waals surface area (Å²) in [6.45, 7) is 0. The molecule has 0 fully saturated rings. The molecule has 0 unspecified atom stereocenters. The highest BCUT2D eigenvalue weighted by molar-refractivity contribution is 7.26. The van der Waals surface area contributed by atoms with Crippen LogP contribution in [0.15, 0.2) is 199 Å². The Morgan fingerprint density at radius 2 is 1.02 bits per heavy atom. The van der Waals surface area contributed by atoms with Crippen molar-refractivity contribution in [3.8, 4) is 78.4 Å². The van der Waals surface area contributed by atoms with E-state index in [1.807, 2.05) is 11.3 Å². The van der Waals surface area contributed by atoms with Gasteiger partial charge in [0.25, 0.3) is 0 Å². The lowest BCUT2D eigenvalue weighted by molar-refractivity contribution is 0.669. The summed E-state index contributed by atoms with van der Waals surface area (Å²) in [6.07, 6.45) is 0. The van der Waals surface area contributed by atoms with E-state index >= 15 is 0 Å². The van der Waals surface area contributed by atoms with Crippen molar-refractivity contribution in [3.05, 3.63) is 194 Å². The summed E-state index contributed by atoms with van der Waals surface area (Å²) in [4.78, 5) is 10.7. The van der Waals surface area contributed by atoms with E-state index in [-0.39, 0.29) is 0 Å². The van der Waals surface area contributed by atoms with Gasteiger partial charge in [-0.05, 0) is 92.2 Å². The Kier molecular flexibility index (Phi) is 7.18. The molecule has 1 aliphatic rings. The predicted octanol–water partition coefficient (Wildman–Crippen LogP) is 15.9. The Morgan fingerprint density at radius 1 is 0.367 bits per heavy atom. The summed E-state index contributed by atoms with van der Waals surface area (Å²) in [5.74, 6) is 0.691. The predicted molar refractivity (Wildman–Crippen MR) is 251 cm³/mol. The largest absolute Gasteiger partial charge is 0.456 e. The highest BCUT2D eigenvalue weighted by Crippen LogP contribution is 2.53. The lowest BCUT2D eigenvalue weighted by atomic mass is 9.93. The average molecular weight is 781 g/mol. The zero-order chi connectivity index (χ0) is 39.3. The molecule has 0 N–H and O–H groups in total. The first-order chi connectivity index (χ1) is 29.7. The van der Waals surface area contributed by atoms with Gasteiger partial charge in [-0.1, -0.05) is 152 Å². The second kappa shape index (κ2) is 12.9. The molecular weight excluding hydrogens is 749 g/mol. The molecule has 4 heteroatoms. The molecule has 12 aromatic rings. The van der Waals surface area contributed by atoms with E-state index in [2.05, 4.69) is 194 Å².